The fraction of sp³-hybridized carbons (Fsp3) is 0.400. The van der Waals surface area contributed by atoms with Gasteiger partial charge in [-0.05, 0) is 31.2 Å². The highest BCUT2D eigenvalue weighted by Crippen LogP contribution is 2.35. The quantitative estimate of drug-likeness (QED) is 0.793. The summed E-state index contributed by atoms with van der Waals surface area (Å²) in [6, 6.07) is 5.63. The van der Waals surface area contributed by atoms with Gasteiger partial charge in [0.2, 0.25) is 5.91 Å². The lowest BCUT2D eigenvalue weighted by molar-refractivity contribution is -0.137. The minimum Gasteiger partial charge on any atom is -0.367 e. The number of carbonyl (C=O) groups is 2. The lowest BCUT2D eigenvalue weighted by Gasteiger charge is -2.41. The molecule has 2 amide bonds. The molecule has 2 heterocycles. The molecular formula is C20H21F3N6O2. The second-order valence-electron chi connectivity index (χ2n) is 6.97. The number of aryl methyl sites for hydroxylation is 1. The summed E-state index contributed by atoms with van der Waals surface area (Å²) in [7, 11) is 1.43. The third-order valence-electron chi connectivity index (χ3n) is 5.17. The van der Waals surface area contributed by atoms with Crippen LogP contribution in [-0.2, 0) is 17.5 Å². The van der Waals surface area contributed by atoms with E-state index in [2.05, 4.69) is 10.4 Å². The van der Waals surface area contributed by atoms with Crippen LogP contribution in [0.1, 0.15) is 28.5 Å². The number of hydrogen-bond acceptors (Lipinski definition) is 5. The summed E-state index contributed by atoms with van der Waals surface area (Å²) in [5.41, 5.74) is -1.09. The van der Waals surface area contributed by atoms with Crippen molar-refractivity contribution in [1.29, 1.82) is 5.26 Å². The van der Waals surface area contributed by atoms with Crippen LogP contribution in [-0.4, -0.2) is 59.2 Å². The lowest BCUT2D eigenvalue weighted by Crippen LogP contribution is -2.60. The molecule has 1 saturated heterocycles. The third-order valence-corrected chi connectivity index (χ3v) is 5.17. The second-order valence-corrected chi connectivity index (χ2v) is 6.97. The van der Waals surface area contributed by atoms with Crippen molar-refractivity contribution in [3.63, 3.8) is 0 Å². The van der Waals surface area contributed by atoms with Gasteiger partial charge in [0.1, 0.15) is 11.7 Å². The van der Waals surface area contributed by atoms with Crippen molar-refractivity contribution in [2.24, 2.45) is 0 Å². The number of benzene rings is 1. The Morgan fingerprint density at radius 3 is 2.61 bits per heavy atom. The van der Waals surface area contributed by atoms with Crippen molar-refractivity contribution >= 4 is 17.5 Å². The van der Waals surface area contributed by atoms with Gasteiger partial charge in [-0.3, -0.25) is 14.3 Å². The van der Waals surface area contributed by atoms with E-state index < -0.39 is 35.2 Å². The minimum atomic E-state index is -4.68. The number of likely N-dealkylation sites (N-methyl/N-ethyl adjacent to an activating group) is 1. The van der Waals surface area contributed by atoms with Crippen molar-refractivity contribution in [3.8, 4) is 6.07 Å². The van der Waals surface area contributed by atoms with E-state index in [9.17, 15) is 22.8 Å². The van der Waals surface area contributed by atoms with Gasteiger partial charge in [-0.1, -0.05) is 0 Å². The number of nitrogens with zero attached hydrogens (tertiary/aromatic N) is 5. The molecule has 1 atom stereocenters. The van der Waals surface area contributed by atoms with Crippen molar-refractivity contribution in [2.45, 2.75) is 25.7 Å². The molecule has 0 bridgehead atoms. The maximum atomic E-state index is 13.3. The highest BCUT2D eigenvalue weighted by molar-refractivity contribution is 5.96. The number of alkyl halides is 3. The fourth-order valence-corrected chi connectivity index (χ4v) is 3.51. The van der Waals surface area contributed by atoms with E-state index in [0.29, 0.717) is 6.54 Å². The Balaban J connectivity index is 1.89. The third kappa shape index (κ3) is 4.47. The molecule has 164 valence electrons. The number of nitriles is 1. The van der Waals surface area contributed by atoms with Gasteiger partial charge in [-0.2, -0.15) is 23.5 Å². The molecule has 0 saturated carbocycles. The summed E-state index contributed by atoms with van der Waals surface area (Å²) < 4.78 is 41.6. The van der Waals surface area contributed by atoms with Crippen LogP contribution in [0, 0.1) is 11.3 Å². The van der Waals surface area contributed by atoms with Crippen LogP contribution in [0.15, 0.2) is 30.5 Å². The zero-order valence-corrected chi connectivity index (χ0v) is 17.0. The standard InChI is InChI=1S/C20H21F3N6O2/c1-3-28-7-6-16(26-28)19(31)29-9-8-27(12-17(29)18(30)25-2)14-5-4-13(11-24)15(10-14)20(21,22)23/h4-7,10,17H,3,8-9,12H2,1-2H3,(H,25,30). The van der Waals surface area contributed by atoms with E-state index in [-0.39, 0.29) is 31.0 Å². The number of halogens is 3. The maximum absolute atomic E-state index is 13.3. The molecule has 1 aromatic heterocycles. The maximum Gasteiger partial charge on any atom is 0.417 e. The number of nitrogens with one attached hydrogen (secondary N) is 1. The van der Waals surface area contributed by atoms with Crippen LogP contribution in [0.5, 0.6) is 0 Å². The number of anilines is 1. The molecule has 0 spiro atoms. The Hall–Kier alpha value is -3.55. The molecular weight excluding hydrogens is 413 g/mol. The summed E-state index contributed by atoms with van der Waals surface area (Å²) in [6.07, 6.45) is -3.02. The van der Waals surface area contributed by atoms with Gasteiger partial charge < -0.3 is 15.1 Å². The molecule has 1 aromatic carbocycles. The molecule has 3 rings (SSSR count). The van der Waals surface area contributed by atoms with Gasteiger partial charge in [0.15, 0.2) is 0 Å². The van der Waals surface area contributed by atoms with E-state index >= 15 is 0 Å². The van der Waals surface area contributed by atoms with E-state index in [1.54, 1.807) is 27.9 Å². The summed E-state index contributed by atoms with van der Waals surface area (Å²) in [4.78, 5) is 28.4. The molecule has 1 aliphatic heterocycles. The molecule has 1 aliphatic rings. The first kappa shape index (κ1) is 22.1. The molecule has 31 heavy (non-hydrogen) atoms. The average Bonchev–Trinajstić information content (AvgIpc) is 3.26. The van der Waals surface area contributed by atoms with Gasteiger partial charge in [-0.25, -0.2) is 0 Å². The van der Waals surface area contributed by atoms with Gasteiger partial charge in [-0.15, -0.1) is 0 Å². The molecule has 1 fully saturated rings. The molecule has 1 unspecified atom stereocenters. The van der Waals surface area contributed by atoms with Crippen molar-refractivity contribution < 1.29 is 22.8 Å². The van der Waals surface area contributed by atoms with E-state index in [0.717, 1.165) is 12.1 Å². The van der Waals surface area contributed by atoms with Gasteiger partial charge in [0, 0.05) is 45.1 Å². The van der Waals surface area contributed by atoms with Crippen LogP contribution >= 0.6 is 0 Å². The summed E-state index contributed by atoms with van der Waals surface area (Å²) in [6.45, 7) is 2.80. The van der Waals surface area contributed by atoms with E-state index in [4.69, 9.17) is 5.26 Å². The SMILES string of the molecule is CCn1ccc(C(=O)N2CCN(c3ccc(C#N)c(C(F)(F)F)c3)CC2C(=O)NC)n1. The number of piperazine rings is 1. The average molecular weight is 434 g/mol. The lowest BCUT2D eigenvalue weighted by atomic mass is 10.0. The Labute approximate surface area is 176 Å². The van der Waals surface area contributed by atoms with Crippen molar-refractivity contribution in [1.82, 2.24) is 20.0 Å². The van der Waals surface area contributed by atoms with E-state index in [1.165, 1.54) is 18.0 Å². The molecule has 11 heteroatoms. The van der Waals surface area contributed by atoms with Gasteiger partial charge in [0.25, 0.3) is 5.91 Å². The Bertz CT molecular complexity index is 1030. The van der Waals surface area contributed by atoms with Crippen LogP contribution < -0.4 is 10.2 Å². The molecule has 2 aromatic rings. The normalized spacial score (nSPS) is 16.7. The zero-order chi connectivity index (χ0) is 22.8. The Kier molecular flexibility index (Phi) is 6.19. The van der Waals surface area contributed by atoms with Crippen LogP contribution in [0.4, 0.5) is 18.9 Å². The molecule has 0 radical (unpaired) electrons. The van der Waals surface area contributed by atoms with Crippen LogP contribution in [0.2, 0.25) is 0 Å². The highest BCUT2D eigenvalue weighted by atomic mass is 19.4. The van der Waals surface area contributed by atoms with Gasteiger partial charge in [0.05, 0.1) is 17.2 Å². The number of aromatic nitrogens is 2. The van der Waals surface area contributed by atoms with Crippen LogP contribution in [0.3, 0.4) is 0 Å². The number of hydrogen-bond donors (Lipinski definition) is 1. The Morgan fingerprint density at radius 2 is 2.03 bits per heavy atom. The smallest absolute Gasteiger partial charge is 0.367 e. The first-order chi connectivity index (χ1) is 14.7. The summed E-state index contributed by atoms with van der Waals surface area (Å²) in [5, 5.41) is 15.7. The fourth-order valence-electron chi connectivity index (χ4n) is 3.51. The molecule has 0 aliphatic carbocycles. The zero-order valence-electron chi connectivity index (χ0n) is 17.0. The monoisotopic (exact) mass is 434 g/mol. The first-order valence-corrected chi connectivity index (χ1v) is 9.62. The predicted octanol–water partition coefficient (Wildman–Crippen LogP) is 1.87. The second kappa shape index (κ2) is 8.67. The number of carbonyl (C=O) groups excluding carboxylic acids is 2. The molecule has 8 nitrogen and oxygen atoms in total. The largest absolute Gasteiger partial charge is 0.417 e. The predicted molar refractivity (Wildman–Crippen MR) is 105 cm³/mol. The summed E-state index contributed by atoms with van der Waals surface area (Å²) in [5.74, 6) is -0.853. The van der Waals surface area contributed by atoms with E-state index in [1.807, 2.05) is 6.92 Å². The Morgan fingerprint density at radius 1 is 1.29 bits per heavy atom. The minimum absolute atomic E-state index is 0.00307. The topological polar surface area (TPSA) is 94.3 Å². The van der Waals surface area contributed by atoms with Crippen molar-refractivity contribution in [2.75, 3.05) is 31.6 Å². The van der Waals surface area contributed by atoms with Gasteiger partial charge >= 0.3 is 6.18 Å². The highest BCUT2D eigenvalue weighted by Gasteiger charge is 2.38. The van der Waals surface area contributed by atoms with Crippen molar-refractivity contribution in [3.05, 3.63) is 47.3 Å². The summed E-state index contributed by atoms with van der Waals surface area (Å²) >= 11 is 0. The number of rotatable bonds is 4. The number of amides is 2. The van der Waals surface area contributed by atoms with Crippen LogP contribution in [0.25, 0.3) is 0 Å². The first-order valence-electron chi connectivity index (χ1n) is 9.62. The molecule has 1 N–H and O–H groups in total.